The number of aryl methyl sites for hydroxylation is 2. The van der Waals surface area contributed by atoms with E-state index in [4.69, 9.17) is 0 Å². The third-order valence-electron chi connectivity index (χ3n) is 7.47. The Kier molecular flexibility index (Phi) is 8.48. The lowest BCUT2D eigenvalue weighted by Crippen LogP contribution is -2.30. The molecule has 0 unspecified atom stereocenters. The number of anilines is 1. The highest BCUT2D eigenvalue weighted by atomic mass is 15.1. The van der Waals surface area contributed by atoms with Crippen molar-refractivity contribution >= 4 is 5.69 Å². The Morgan fingerprint density at radius 2 is 1.32 bits per heavy atom. The summed E-state index contributed by atoms with van der Waals surface area (Å²) >= 11 is 0. The highest BCUT2D eigenvalue weighted by Gasteiger charge is 2.22. The van der Waals surface area contributed by atoms with Crippen molar-refractivity contribution < 1.29 is 0 Å². The summed E-state index contributed by atoms with van der Waals surface area (Å²) < 4.78 is 0. The van der Waals surface area contributed by atoms with Gasteiger partial charge in [-0.3, -0.25) is 0 Å². The van der Waals surface area contributed by atoms with Gasteiger partial charge in [-0.05, 0) is 96.0 Å². The standard InChI is InChI=1S/C33H43N/c1-5-15-27-24-28(16-6-2)33(30(17-7-3)32(27)26-18-10-8-11-19-26)29-20-14-21-31(25(29)4)34-22-12-9-13-23-34/h8,10-11,14,18-21,24H,5-7,9,12-13,15-17,22-23H2,1-4H3. The lowest BCUT2D eigenvalue weighted by atomic mass is 9.80. The predicted molar refractivity (Wildman–Crippen MR) is 150 cm³/mol. The van der Waals surface area contributed by atoms with Gasteiger partial charge in [0.2, 0.25) is 0 Å². The summed E-state index contributed by atoms with van der Waals surface area (Å²) in [6, 6.07) is 20.8. The molecule has 0 spiro atoms. The van der Waals surface area contributed by atoms with Crippen LogP contribution in [0.2, 0.25) is 0 Å². The molecule has 34 heavy (non-hydrogen) atoms. The molecule has 1 aliphatic heterocycles. The monoisotopic (exact) mass is 453 g/mol. The Labute approximate surface area is 208 Å². The topological polar surface area (TPSA) is 3.24 Å². The molecule has 1 aliphatic rings. The maximum Gasteiger partial charge on any atom is 0.0402 e. The van der Waals surface area contributed by atoms with Crippen LogP contribution >= 0.6 is 0 Å². The van der Waals surface area contributed by atoms with E-state index in [0.29, 0.717) is 0 Å². The lowest BCUT2D eigenvalue weighted by Gasteiger charge is -2.31. The number of hydrogen-bond acceptors (Lipinski definition) is 1. The van der Waals surface area contributed by atoms with Crippen LogP contribution in [-0.4, -0.2) is 13.1 Å². The van der Waals surface area contributed by atoms with Gasteiger partial charge in [0.1, 0.15) is 0 Å². The van der Waals surface area contributed by atoms with Crippen molar-refractivity contribution in [2.45, 2.75) is 85.5 Å². The lowest BCUT2D eigenvalue weighted by molar-refractivity contribution is 0.577. The normalized spacial score (nSPS) is 13.9. The third kappa shape index (κ3) is 5.09. The van der Waals surface area contributed by atoms with Gasteiger partial charge in [-0.1, -0.05) is 88.6 Å². The van der Waals surface area contributed by atoms with Crippen LogP contribution in [0.1, 0.15) is 81.5 Å². The SMILES string of the molecule is CCCc1cc(CCC)c(-c2cccc(N3CCCCC3)c2C)c(CCC)c1-c1ccccc1. The van der Waals surface area contributed by atoms with Crippen molar-refractivity contribution in [1.29, 1.82) is 0 Å². The molecule has 1 nitrogen and oxygen atoms in total. The van der Waals surface area contributed by atoms with E-state index in [1.807, 2.05) is 0 Å². The summed E-state index contributed by atoms with van der Waals surface area (Å²) in [5.74, 6) is 0. The summed E-state index contributed by atoms with van der Waals surface area (Å²) in [7, 11) is 0. The molecule has 0 N–H and O–H groups in total. The molecule has 180 valence electrons. The Morgan fingerprint density at radius 3 is 1.97 bits per heavy atom. The highest BCUT2D eigenvalue weighted by Crippen LogP contribution is 2.42. The molecule has 1 heterocycles. The molecule has 0 saturated carbocycles. The minimum Gasteiger partial charge on any atom is -0.371 e. The zero-order valence-electron chi connectivity index (χ0n) is 21.9. The number of rotatable bonds is 9. The molecule has 4 rings (SSSR count). The molecule has 0 aliphatic carbocycles. The molecule has 3 aromatic rings. The van der Waals surface area contributed by atoms with E-state index in [-0.39, 0.29) is 0 Å². The molecule has 1 heteroatoms. The van der Waals surface area contributed by atoms with Crippen LogP contribution in [0.25, 0.3) is 22.3 Å². The zero-order valence-corrected chi connectivity index (χ0v) is 21.9. The molecule has 0 radical (unpaired) electrons. The van der Waals surface area contributed by atoms with Gasteiger partial charge in [-0.2, -0.15) is 0 Å². The number of nitrogens with zero attached hydrogens (tertiary/aromatic N) is 1. The van der Waals surface area contributed by atoms with E-state index in [0.717, 1.165) is 19.3 Å². The second-order valence-corrected chi connectivity index (χ2v) is 10.0. The fourth-order valence-corrected chi connectivity index (χ4v) is 5.97. The first-order valence-electron chi connectivity index (χ1n) is 13.8. The first-order chi connectivity index (χ1) is 16.7. The Bertz CT molecular complexity index is 1070. The molecule has 1 fully saturated rings. The summed E-state index contributed by atoms with van der Waals surface area (Å²) in [5, 5.41) is 0. The minimum atomic E-state index is 1.13. The zero-order chi connectivity index (χ0) is 23.9. The second-order valence-electron chi connectivity index (χ2n) is 10.0. The van der Waals surface area contributed by atoms with Crippen LogP contribution < -0.4 is 4.90 Å². The van der Waals surface area contributed by atoms with E-state index in [9.17, 15) is 0 Å². The van der Waals surface area contributed by atoms with Crippen LogP contribution in [0.5, 0.6) is 0 Å². The van der Waals surface area contributed by atoms with E-state index >= 15 is 0 Å². The van der Waals surface area contributed by atoms with E-state index < -0.39 is 0 Å². The average molecular weight is 454 g/mol. The van der Waals surface area contributed by atoms with Crippen molar-refractivity contribution in [1.82, 2.24) is 0 Å². The van der Waals surface area contributed by atoms with E-state index in [1.54, 1.807) is 11.1 Å². The van der Waals surface area contributed by atoms with Crippen molar-refractivity contribution in [3.63, 3.8) is 0 Å². The maximum atomic E-state index is 2.63. The summed E-state index contributed by atoms with van der Waals surface area (Å²) in [5.41, 5.74) is 13.4. The van der Waals surface area contributed by atoms with Crippen molar-refractivity contribution in [2.75, 3.05) is 18.0 Å². The van der Waals surface area contributed by atoms with Crippen LogP contribution in [0.15, 0.2) is 54.6 Å². The van der Waals surface area contributed by atoms with Crippen LogP contribution in [0.3, 0.4) is 0 Å². The first kappa shape index (κ1) is 24.6. The number of benzene rings is 3. The van der Waals surface area contributed by atoms with Gasteiger partial charge in [0.15, 0.2) is 0 Å². The Hall–Kier alpha value is -2.54. The quantitative estimate of drug-likeness (QED) is 0.312. The van der Waals surface area contributed by atoms with E-state index in [1.165, 1.54) is 90.7 Å². The van der Waals surface area contributed by atoms with Gasteiger partial charge in [0, 0.05) is 18.8 Å². The predicted octanol–water partition coefficient (Wildman–Crippen LogP) is 9.18. The highest BCUT2D eigenvalue weighted by molar-refractivity contribution is 5.86. The van der Waals surface area contributed by atoms with Crippen molar-refractivity contribution in [3.05, 3.63) is 76.9 Å². The van der Waals surface area contributed by atoms with Crippen LogP contribution in [-0.2, 0) is 19.3 Å². The average Bonchev–Trinajstić information content (AvgIpc) is 2.86. The molecular weight excluding hydrogens is 410 g/mol. The largest absolute Gasteiger partial charge is 0.371 e. The molecule has 1 saturated heterocycles. The van der Waals surface area contributed by atoms with Gasteiger partial charge >= 0.3 is 0 Å². The molecule has 0 atom stereocenters. The fourth-order valence-electron chi connectivity index (χ4n) is 5.97. The molecule has 0 aromatic heterocycles. The Morgan fingerprint density at radius 1 is 0.676 bits per heavy atom. The molecule has 0 bridgehead atoms. The van der Waals surface area contributed by atoms with Gasteiger partial charge in [0.05, 0.1) is 0 Å². The second kappa shape index (κ2) is 11.7. The number of piperidine rings is 1. The summed E-state index contributed by atoms with van der Waals surface area (Å²) in [6.07, 6.45) is 10.9. The first-order valence-corrected chi connectivity index (χ1v) is 13.8. The summed E-state index contributed by atoms with van der Waals surface area (Å²) in [6.45, 7) is 11.7. The smallest absolute Gasteiger partial charge is 0.0402 e. The van der Waals surface area contributed by atoms with Gasteiger partial charge in [-0.25, -0.2) is 0 Å². The number of hydrogen-bond donors (Lipinski definition) is 0. The van der Waals surface area contributed by atoms with Gasteiger partial charge < -0.3 is 4.90 Å². The fraction of sp³-hybridized carbons (Fsp3) is 0.455. The molecule has 0 amide bonds. The van der Waals surface area contributed by atoms with Gasteiger partial charge in [-0.15, -0.1) is 0 Å². The van der Waals surface area contributed by atoms with Crippen molar-refractivity contribution in [3.8, 4) is 22.3 Å². The Balaban J connectivity index is 2.00. The van der Waals surface area contributed by atoms with Gasteiger partial charge in [0.25, 0.3) is 0 Å². The van der Waals surface area contributed by atoms with Crippen LogP contribution in [0.4, 0.5) is 5.69 Å². The molecule has 3 aromatic carbocycles. The van der Waals surface area contributed by atoms with Crippen molar-refractivity contribution in [2.24, 2.45) is 0 Å². The third-order valence-corrected chi connectivity index (χ3v) is 7.47. The maximum absolute atomic E-state index is 2.63. The molecular formula is C33H43N. The van der Waals surface area contributed by atoms with Crippen LogP contribution in [0, 0.1) is 6.92 Å². The minimum absolute atomic E-state index is 1.13. The van der Waals surface area contributed by atoms with E-state index in [2.05, 4.69) is 87.2 Å². The summed E-state index contributed by atoms with van der Waals surface area (Å²) in [4.78, 5) is 2.63.